The Hall–Kier alpha value is -2.49. The number of nitrogens with two attached hydrogens (primary N) is 1. The number of aliphatic imine (C=N–C) groups is 1. The van der Waals surface area contributed by atoms with Crippen LogP contribution in [-0.4, -0.2) is 28.3 Å². The molecule has 144 valence electrons. The van der Waals surface area contributed by atoms with E-state index in [0.29, 0.717) is 0 Å². The molecular weight excluding hydrogens is 384 g/mol. The van der Waals surface area contributed by atoms with E-state index in [4.69, 9.17) is 5.73 Å². The highest BCUT2D eigenvalue weighted by atomic mass is 32.1. The van der Waals surface area contributed by atoms with Crippen molar-refractivity contribution < 1.29 is 22.4 Å². The molecule has 0 saturated heterocycles. The molecule has 0 fully saturated rings. The average Bonchev–Trinajstić information content (AvgIpc) is 3.08. The number of hydrogen-bond acceptors (Lipinski definition) is 5. The van der Waals surface area contributed by atoms with Crippen molar-refractivity contribution in [3.05, 3.63) is 46.2 Å². The molecule has 1 aromatic heterocycles. The number of alkyl halides is 3. The van der Waals surface area contributed by atoms with Gasteiger partial charge >= 0.3 is 0 Å². The van der Waals surface area contributed by atoms with Gasteiger partial charge in [-0.25, -0.2) is 22.5 Å². The molecule has 3 N–H and O–H groups in total. The Morgan fingerprint density at radius 3 is 2.63 bits per heavy atom. The first-order valence-electron chi connectivity index (χ1n) is 7.90. The van der Waals surface area contributed by atoms with Crippen molar-refractivity contribution in [2.45, 2.75) is 37.4 Å². The fourth-order valence-corrected chi connectivity index (χ4v) is 3.40. The number of nitrogens with one attached hydrogen (secondary N) is 1. The van der Waals surface area contributed by atoms with Gasteiger partial charge in [-0.05, 0) is 32.0 Å². The van der Waals surface area contributed by atoms with Crippen molar-refractivity contribution in [3.8, 4) is 0 Å². The second-order valence-electron chi connectivity index (χ2n) is 6.63. The van der Waals surface area contributed by atoms with E-state index in [1.165, 1.54) is 12.3 Å². The molecule has 1 amide bonds. The summed E-state index contributed by atoms with van der Waals surface area (Å²) >= 11 is 1.09. The largest absolute Gasteiger partial charge is 0.385 e. The van der Waals surface area contributed by atoms with E-state index in [1.807, 2.05) is 0 Å². The maximum absolute atomic E-state index is 14.7. The number of carbonyl (C=O) groups excluding carboxylic acids is 1. The number of aromatic nitrogens is 1. The van der Waals surface area contributed by atoms with E-state index in [9.17, 15) is 22.4 Å². The molecule has 3 rings (SSSR count). The Kier molecular flexibility index (Phi) is 4.49. The number of nitrogens with zero attached hydrogens (tertiary/aromatic N) is 2. The van der Waals surface area contributed by atoms with Gasteiger partial charge in [0.15, 0.2) is 16.2 Å². The van der Waals surface area contributed by atoms with Gasteiger partial charge in [-0.15, -0.1) is 11.3 Å². The van der Waals surface area contributed by atoms with Crippen LogP contribution >= 0.6 is 11.3 Å². The highest BCUT2D eigenvalue weighted by molar-refractivity contribution is 7.11. The summed E-state index contributed by atoms with van der Waals surface area (Å²) in [5.74, 6) is -5.88. The number of carbonyl (C=O) groups is 1. The summed E-state index contributed by atoms with van der Waals surface area (Å²) in [5, 5.41) is 4.22. The molecule has 27 heavy (non-hydrogen) atoms. The zero-order chi connectivity index (χ0) is 20.0. The van der Waals surface area contributed by atoms with Crippen molar-refractivity contribution in [2.75, 3.05) is 5.32 Å². The first-order valence-corrected chi connectivity index (χ1v) is 8.78. The van der Waals surface area contributed by atoms with Gasteiger partial charge in [-0.1, -0.05) is 0 Å². The number of halogens is 4. The van der Waals surface area contributed by atoms with Crippen molar-refractivity contribution in [3.63, 3.8) is 0 Å². The van der Waals surface area contributed by atoms with E-state index < -0.39 is 46.7 Å². The maximum atomic E-state index is 14.7. The normalized spacial score (nSPS) is 27.1. The highest BCUT2D eigenvalue weighted by Crippen LogP contribution is 2.50. The average molecular weight is 400 g/mol. The summed E-state index contributed by atoms with van der Waals surface area (Å²) in [6.45, 7) is 1.89. The third-order valence-corrected chi connectivity index (χ3v) is 5.29. The third kappa shape index (κ3) is 3.29. The van der Waals surface area contributed by atoms with Gasteiger partial charge in [0.25, 0.3) is 11.8 Å². The number of amides is 1. The van der Waals surface area contributed by atoms with Crippen molar-refractivity contribution in [1.29, 1.82) is 0 Å². The second-order valence-corrected chi connectivity index (χ2v) is 7.53. The number of rotatable bonds is 3. The summed E-state index contributed by atoms with van der Waals surface area (Å²) in [6, 6.07) is 3.20. The standard InChI is InChI=1S/C17H16F4N4OS/c1-15(19)8-17(20,21)16(2,25-14(15)22)10-7-9(3-4-11(10)18)24-12(26)13-23-5-6-27-13/h3-7H,8H2,1-2H3,(H2,22,25)(H,24,26)/t15-,16+/m0/s1. The van der Waals surface area contributed by atoms with Crippen LogP contribution in [0.3, 0.4) is 0 Å². The summed E-state index contributed by atoms with van der Waals surface area (Å²) in [6.07, 6.45) is 0.200. The molecule has 2 atom stereocenters. The minimum absolute atomic E-state index is 0.0750. The zero-order valence-corrected chi connectivity index (χ0v) is 15.2. The lowest BCUT2D eigenvalue weighted by Gasteiger charge is -2.42. The van der Waals surface area contributed by atoms with Crippen LogP contribution in [0.1, 0.15) is 35.6 Å². The lowest BCUT2D eigenvalue weighted by atomic mass is 9.77. The van der Waals surface area contributed by atoms with Crippen LogP contribution < -0.4 is 11.1 Å². The second kappa shape index (κ2) is 6.29. The fraction of sp³-hybridized carbons (Fsp3) is 0.353. The predicted molar refractivity (Wildman–Crippen MR) is 94.5 cm³/mol. The zero-order valence-electron chi connectivity index (χ0n) is 14.4. The topological polar surface area (TPSA) is 80.4 Å². The monoisotopic (exact) mass is 400 g/mol. The smallest absolute Gasteiger partial charge is 0.284 e. The quantitative estimate of drug-likeness (QED) is 0.768. The molecule has 10 heteroatoms. The summed E-state index contributed by atoms with van der Waals surface area (Å²) < 4.78 is 58.1. The molecule has 2 heterocycles. The highest BCUT2D eigenvalue weighted by Gasteiger charge is 2.60. The van der Waals surface area contributed by atoms with Gasteiger partial charge in [0.05, 0.1) is 6.42 Å². The minimum Gasteiger partial charge on any atom is -0.385 e. The van der Waals surface area contributed by atoms with Crippen LogP contribution in [0.2, 0.25) is 0 Å². The SMILES string of the molecule is C[C@]1(F)CC(F)(F)[C@@](C)(c2cc(NC(=O)c3nccs3)ccc2F)N=C1N. The van der Waals surface area contributed by atoms with E-state index in [0.717, 1.165) is 37.3 Å². The predicted octanol–water partition coefficient (Wildman–Crippen LogP) is 3.87. The number of anilines is 1. The Bertz CT molecular complexity index is 914. The Morgan fingerprint density at radius 2 is 2.00 bits per heavy atom. The third-order valence-electron chi connectivity index (χ3n) is 4.52. The van der Waals surface area contributed by atoms with E-state index in [-0.39, 0.29) is 10.7 Å². The van der Waals surface area contributed by atoms with Crippen molar-refractivity contribution in [2.24, 2.45) is 10.7 Å². The summed E-state index contributed by atoms with van der Waals surface area (Å²) in [7, 11) is 0. The molecule has 2 aromatic rings. The van der Waals surface area contributed by atoms with Gasteiger partial charge < -0.3 is 11.1 Å². The number of thiazole rings is 1. The first-order chi connectivity index (χ1) is 12.5. The lowest BCUT2D eigenvalue weighted by Crippen LogP contribution is -2.56. The Morgan fingerprint density at radius 1 is 1.30 bits per heavy atom. The Balaban J connectivity index is 2.03. The molecule has 0 bridgehead atoms. The van der Waals surface area contributed by atoms with Crippen LogP contribution in [-0.2, 0) is 5.54 Å². The van der Waals surface area contributed by atoms with Gasteiger partial charge in [-0.3, -0.25) is 9.79 Å². The summed E-state index contributed by atoms with van der Waals surface area (Å²) in [4.78, 5) is 19.6. The minimum atomic E-state index is -3.71. The van der Waals surface area contributed by atoms with E-state index >= 15 is 0 Å². The number of benzene rings is 1. The van der Waals surface area contributed by atoms with Crippen LogP contribution in [0.25, 0.3) is 0 Å². The summed E-state index contributed by atoms with van der Waals surface area (Å²) in [5.41, 5.74) is 0.174. The van der Waals surface area contributed by atoms with Gasteiger partial charge in [0.1, 0.15) is 11.7 Å². The molecule has 1 aromatic carbocycles. The molecule has 0 aliphatic carbocycles. The van der Waals surface area contributed by atoms with E-state index in [2.05, 4.69) is 15.3 Å². The lowest BCUT2D eigenvalue weighted by molar-refractivity contribution is -0.106. The van der Waals surface area contributed by atoms with Gasteiger partial charge in [-0.2, -0.15) is 0 Å². The Labute approximate surface area is 156 Å². The molecule has 1 aliphatic heterocycles. The molecule has 0 spiro atoms. The van der Waals surface area contributed by atoms with Crippen molar-refractivity contribution in [1.82, 2.24) is 4.98 Å². The molecular formula is C17H16F4N4OS. The maximum Gasteiger partial charge on any atom is 0.284 e. The molecule has 0 saturated carbocycles. The number of amidine groups is 1. The van der Waals surface area contributed by atoms with Crippen LogP contribution in [0, 0.1) is 5.82 Å². The van der Waals surface area contributed by atoms with Gasteiger partial charge in [0, 0.05) is 22.8 Å². The molecule has 5 nitrogen and oxygen atoms in total. The van der Waals surface area contributed by atoms with Crippen LogP contribution in [0.15, 0.2) is 34.8 Å². The molecule has 1 aliphatic rings. The van der Waals surface area contributed by atoms with Crippen LogP contribution in [0.5, 0.6) is 0 Å². The number of hydrogen-bond donors (Lipinski definition) is 2. The molecule has 0 unspecified atom stereocenters. The van der Waals surface area contributed by atoms with Crippen LogP contribution in [0.4, 0.5) is 23.2 Å². The molecule has 0 radical (unpaired) electrons. The fourth-order valence-electron chi connectivity index (χ4n) is 2.87. The first kappa shape index (κ1) is 19.3. The van der Waals surface area contributed by atoms with Crippen molar-refractivity contribution >= 4 is 28.8 Å². The van der Waals surface area contributed by atoms with E-state index in [1.54, 1.807) is 5.38 Å². The van der Waals surface area contributed by atoms with Gasteiger partial charge in [0.2, 0.25) is 0 Å².